The van der Waals surface area contributed by atoms with E-state index in [1.165, 1.54) is 6.92 Å². The minimum atomic E-state index is -1.92. The van der Waals surface area contributed by atoms with Crippen LogP contribution in [-0.2, 0) is 107 Å². The first kappa shape index (κ1) is 101. The highest BCUT2D eigenvalue weighted by molar-refractivity contribution is 7.80. The van der Waals surface area contributed by atoms with Crippen molar-refractivity contribution in [1.82, 2.24) is 84.7 Å². The van der Waals surface area contributed by atoms with Crippen LogP contribution in [0.5, 0.6) is 0 Å². The minimum Gasteiger partial charge on any atom is -0.480 e. The number of hydrogen-bond donors (Lipinski definition) is 26. The maximum absolute atomic E-state index is 15.4. The van der Waals surface area contributed by atoms with Gasteiger partial charge in [-0.1, -0.05) is 109 Å². The molecule has 1 aromatic heterocycles. The number of benzene rings is 4. The molecule has 0 aliphatic carbocycles. The molecule has 4 aromatic carbocycles. The molecule has 670 valence electrons. The van der Waals surface area contributed by atoms with Crippen LogP contribution < -0.4 is 103 Å². The van der Waals surface area contributed by atoms with Gasteiger partial charge in [0.05, 0.1) is 44.9 Å². The number of rotatable bonds is 54. The Labute approximate surface area is 719 Å². The van der Waals surface area contributed by atoms with Gasteiger partial charge in [0.15, 0.2) is 0 Å². The van der Waals surface area contributed by atoms with Crippen LogP contribution in [0.4, 0.5) is 0 Å². The normalized spacial score (nSPS) is 14.7. The average Bonchev–Trinajstić information content (AvgIpc) is 1.66. The third-order valence-corrected chi connectivity index (χ3v) is 19.8. The zero-order valence-corrected chi connectivity index (χ0v) is 69.9. The van der Waals surface area contributed by atoms with Gasteiger partial charge in [0, 0.05) is 54.3 Å². The van der Waals surface area contributed by atoms with E-state index in [4.69, 9.17) is 22.9 Å². The number of primary amides is 1. The van der Waals surface area contributed by atoms with E-state index in [1.54, 1.807) is 121 Å². The Morgan fingerprint density at radius 2 is 0.740 bits per heavy atom. The molecule has 28 N–H and O–H groups in total. The monoisotopic (exact) mass is 1750 g/mol. The highest BCUT2D eigenvalue weighted by Gasteiger charge is 2.40. The lowest BCUT2D eigenvalue weighted by Crippen LogP contribution is -2.63. The summed E-state index contributed by atoms with van der Waals surface area (Å²) in [6, 6.07) is 10.1. The summed E-state index contributed by atoms with van der Waals surface area (Å²) in [6.45, 7) is 1.16. The molecule has 123 heavy (non-hydrogen) atoms. The molecule has 0 unspecified atom stereocenters. The van der Waals surface area contributed by atoms with Gasteiger partial charge in [0.2, 0.25) is 94.5 Å². The van der Waals surface area contributed by atoms with Crippen molar-refractivity contribution in [2.75, 3.05) is 50.8 Å². The van der Waals surface area contributed by atoms with Crippen LogP contribution in [0.25, 0.3) is 10.9 Å². The Kier molecular flexibility index (Phi) is 43.6. The van der Waals surface area contributed by atoms with Gasteiger partial charge in [0.25, 0.3) is 0 Å². The van der Waals surface area contributed by atoms with Crippen LogP contribution >= 0.6 is 25.3 Å². The first-order valence-corrected chi connectivity index (χ1v) is 40.8. The van der Waals surface area contributed by atoms with Crippen molar-refractivity contribution < 1.29 is 102 Å². The largest absolute Gasteiger partial charge is 0.480 e. The lowest BCUT2D eigenvalue weighted by molar-refractivity contribution is -0.142. The van der Waals surface area contributed by atoms with E-state index in [0.717, 1.165) is 13.8 Å². The molecule has 0 saturated carbocycles. The van der Waals surface area contributed by atoms with Crippen molar-refractivity contribution in [3.05, 3.63) is 144 Å². The number of para-hydroxylation sites is 1. The fourth-order valence-corrected chi connectivity index (χ4v) is 12.8. The summed E-state index contributed by atoms with van der Waals surface area (Å²) < 4.78 is 0. The maximum atomic E-state index is 15.4. The van der Waals surface area contributed by atoms with Crippen LogP contribution in [0.2, 0.25) is 0 Å². The second-order valence-electron chi connectivity index (χ2n) is 28.9. The second-order valence-corrected chi connectivity index (χ2v) is 29.6. The number of aromatic nitrogens is 1. The van der Waals surface area contributed by atoms with Gasteiger partial charge >= 0.3 is 5.97 Å². The van der Waals surface area contributed by atoms with Gasteiger partial charge in [-0.2, -0.15) is 25.3 Å². The number of aliphatic hydroxyl groups excluding tert-OH is 3. The highest BCUT2D eigenvalue weighted by Crippen LogP contribution is 2.21. The number of aliphatic carboxylic acids is 1. The molecule has 1 heterocycles. The van der Waals surface area contributed by atoms with Crippen molar-refractivity contribution in [1.29, 1.82) is 0 Å². The van der Waals surface area contributed by atoms with Crippen molar-refractivity contribution in [3.8, 4) is 0 Å². The number of nitrogens with one attached hydrogen (secondary N) is 16. The number of aromatic amines is 1. The molecular weight excluding hydrogens is 1640 g/mol. The van der Waals surface area contributed by atoms with Crippen molar-refractivity contribution >= 4 is 137 Å². The predicted molar refractivity (Wildman–Crippen MR) is 454 cm³/mol. The van der Waals surface area contributed by atoms with Crippen LogP contribution in [-0.4, -0.2) is 267 Å². The third kappa shape index (κ3) is 34.7. The van der Waals surface area contributed by atoms with E-state index in [-0.39, 0.29) is 82.5 Å². The smallest absolute Gasteiger partial charge is 0.327 e. The lowest BCUT2D eigenvalue weighted by Gasteiger charge is -2.29. The summed E-state index contributed by atoms with van der Waals surface area (Å²) in [5.41, 5.74) is 25.0. The van der Waals surface area contributed by atoms with Crippen LogP contribution in [0.15, 0.2) is 121 Å². The maximum Gasteiger partial charge on any atom is 0.327 e. The molecule has 0 radical (unpaired) electrons. The molecule has 5 rings (SSSR count). The van der Waals surface area contributed by atoms with Crippen molar-refractivity contribution in [3.63, 3.8) is 0 Å². The van der Waals surface area contributed by atoms with E-state index in [2.05, 4.69) is 110 Å². The summed E-state index contributed by atoms with van der Waals surface area (Å²) in [5.74, 6) is -18.3. The van der Waals surface area contributed by atoms with Crippen molar-refractivity contribution in [2.24, 2.45) is 22.9 Å². The van der Waals surface area contributed by atoms with E-state index in [9.17, 15) is 87.5 Å². The van der Waals surface area contributed by atoms with E-state index < -0.39 is 217 Å². The van der Waals surface area contributed by atoms with Crippen LogP contribution in [0, 0.1) is 0 Å². The Morgan fingerprint density at radius 1 is 0.382 bits per heavy atom. The first-order valence-electron chi connectivity index (χ1n) is 39.6. The summed E-state index contributed by atoms with van der Waals surface area (Å²) in [6.07, 6.45) is -3.31. The number of nitrogens with two attached hydrogens (primary N) is 4. The number of thiol groups is 2. The van der Waals surface area contributed by atoms with Gasteiger partial charge in [-0.05, 0) is 101 Å². The van der Waals surface area contributed by atoms with E-state index in [1.807, 2.05) is 0 Å². The number of fused-ring (bicyclic) bond motifs is 1. The molecule has 0 spiro atoms. The van der Waals surface area contributed by atoms with Gasteiger partial charge in [0.1, 0.15) is 78.5 Å². The third-order valence-electron chi connectivity index (χ3n) is 19.1. The number of H-pyrrole nitrogens is 1. The Hall–Kier alpha value is -12.1. The molecule has 0 aliphatic heterocycles. The van der Waals surface area contributed by atoms with Gasteiger partial charge in [-0.15, -0.1) is 0 Å². The quantitative estimate of drug-likeness (QED) is 0.0127. The number of carboxylic acid groups (broad SMARTS) is 1. The molecule has 0 saturated heterocycles. The Morgan fingerprint density at radius 3 is 1.17 bits per heavy atom. The number of amides is 16. The first-order chi connectivity index (χ1) is 58.6. The Bertz CT molecular complexity index is 4400. The molecule has 43 heteroatoms. The highest BCUT2D eigenvalue weighted by atomic mass is 32.1. The zero-order chi connectivity index (χ0) is 90.8. The van der Waals surface area contributed by atoms with Gasteiger partial charge in [-0.3, -0.25) is 76.7 Å². The summed E-state index contributed by atoms with van der Waals surface area (Å²) in [4.78, 5) is 237. The molecule has 15 atom stereocenters. The van der Waals surface area contributed by atoms with Gasteiger partial charge < -0.3 is 128 Å². The summed E-state index contributed by atoms with van der Waals surface area (Å²) in [7, 11) is 0. The molecular formula is C80H112N20O21S2. The summed E-state index contributed by atoms with van der Waals surface area (Å²) >= 11 is 8.10. The average molecular weight is 1750 g/mol. The number of carbonyl (C=O) groups excluding carboxylic acids is 16. The van der Waals surface area contributed by atoms with E-state index in [0.29, 0.717) is 46.0 Å². The lowest BCUT2D eigenvalue weighted by atomic mass is 10.00. The SMILES string of the molecule is C[C@H](NC(=O)CNC(=O)CN)C(=O)NCC(=O)N[C@@H](CS)C(=O)N[C@@H](CCCCN)C(=O)N[C@@H](CC(N)=O)C(=O)N[C@@H](Cc1ccccc1)C(=O)N[C@@H](Cc1ccccc1)C(=O)N[C@@H](Cc1c[nH]c2ccccc12)C(=O)N[C@@H](CCCCN)C(=O)N[C@H](C(=O)N[C@@H](Cc1ccccc1)C(=O)N[C@H](C(=O)N[C@@H](CO)C(=O)N[C@@H](CS)C(=O)O)[C@@H](C)O)[C@@H](C)O. The standard InChI is InChI=1S/C80H112N20O21S2/c1-43(88-64(106)38-86-63(105)36-83)68(108)87-39-65(107)89-60(41-122)77(117)91-52(27-15-17-29-81)69(109)95-58(35-62(84)104)74(114)93-54(31-46-19-7-4-8-20-46)71(111)92-55(32-47-21-9-5-10-22-47)72(112)94-57(34-49-37-85-51-26-14-13-25-50(49)51)73(113)90-53(28-16-18-30-82)70(110)99-66(44(2)102)78(118)96-56(33-48-23-11-6-12-24-48)75(115)100-67(45(3)103)79(119)97-59(40-101)76(116)98-61(42-123)80(120)121/h4-14,19-26,37,43-45,52-61,66-67,85,101-103,122-123H,15-18,27-36,38-42,81-83H2,1-3H3,(H2,84,104)(H,86,105)(H,87,108)(H,88,106)(H,89,107)(H,90,113)(H,91,117)(H,92,111)(H,93,114)(H,94,112)(H,95,109)(H,96,118)(H,97,119)(H,98,116)(H,99,110)(H,100,115)(H,120,121)/t43-,44+,45+,52-,53-,54-,55-,56-,57-,58-,59-,60-,61-,66-,67-/m0/s1. The molecule has 5 aromatic rings. The second kappa shape index (κ2) is 52.9. The molecule has 16 amide bonds. The number of carbonyl (C=O) groups is 17. The van der Waals surface area contributed by atoms with E-state index >= 15 is 14.4 Å². The number of carboxylic acids is 1. The fourth-order valence-electron chi connectivity index (χ4n) is 12.3. The molecule has 0 bridgehead atoms. The number of unbranched alkanes of at least 4 members (excludes halogenated alkanes) is 2. The van der Waals surface area contributed by atoms with Gasteiger partial charge in [-0.25, -0.2) is 4.79 Å². The number of aliphatic hydroxyl groups is 3. The molecule has 0 fully saturated rings. The molecule has 41 nitrogen and oxygen atoms in total. The predicted octanol–water partition coefficient (Wildman–Crippen LogP) is -7.22. The van der Waals surface area contributed by atoms with Crippen LogP contribution in [0.3, 0.4) is 0 Å². The fraction of sp³-hybridized carbons (Fsp3) is 0.463. The molecule has 0 aliphatic rings. The minimum absolute atomic E-state index is 0.113. The topological polar surface area (TPSA) is 671 Å². The number of hydrogen-bond acceptors (Lipinski definition) is 25. The van der Waals surface area contributed by atoms with Crippen molar-refractivity contribution in [2.45, 2.75) is 182 Å². The summed E-state index contributed by atoms with van der Waals surface area (Å²) in [5, 5.41) is 78.8. The zero-order valence-electron chi connectivity index (χ0n) is 68.1. The Balaban J connectivity index is 1.44. The van der Waals surface area contributed by atoms with Crippen LogP contribution in [0.1, 0.15) is 88.0 Å².